The van der Waals surface area contributed by atoms with Gasteiger partial charge in [0.1, 0.15) is 0 Å². The molecule has 1 unspecified atom stereocenters. The van der Waals surface area contributed by atoms with Gasteiger partial charge in [-0.3, -0.25) is 0 Å². The van der Waals surface area contributed by atoms with Crippen LogP contribution in [-0.4, -0.2) is 22.6 Å². The third-order valence-electron chi connectivity index (χ3n) is 4.42. The lowest BCUT2D eigenvalue weighted by Crippen LogP contribution is -2.28. The van der Waals surface area contributed by atoms with E-state index in [1.54, 1.807) is 0 Å². The van der Waals surface area contributed by atoms with Gasteiger partial charge in [-0.15, -0.1) is 0 Å². The SMILES string of the molecule is Cc1cccc(CCn2cncc2C2(C)CCNC2)c1. The highest BCUT2D eigenvalue weighted by Gasteiger charge is 2.33. The number of aryl methyl sites for hydroxylation is 3. The Morgan fingerprint density at radius 2 is 2.30 bits per heavy atom. The smallest absolute Gasteiger partial charge is 0.0948 e. The van der Waals surface area contributed by atoms with E-state index in [1.165, 1.54) is 23.2 Å². The Hall–Kier alpha value is -1.61. The van der Waals surface area contributed by atoms with Crippen LogP contribution >= 0.6 is 0 Å². The second-order valence-electron chi connectivity index (χ2n) is 6.20. The number of nitrogens with zero attached hydrogens (tertiary/aromatic N) is 2. The van der Waals surface area contributed by atoms with Gasteiger partial charge in [-0.05, 0) is 31.9 Å². The van der Waals surface area contributed by atoms with Crippen molar-refractivity contribution in [1.82, 2.24) is 14.9 Å². The second kappa shape index (κ2) is 5.41. The highest BCUT2D eigenvalue weighted by Crippen LogP contribution is 2.29. The predicted octanol–water partition coefficient (Wildman–Crippen LogP) is 2.69. The van der Waals surface area contributed by atoms with Gasteiger partial charge in [0.05, 0.1) is 6.33 Å². The summed E-state index contributed by atoms with van der Waals surface area (Å²) in [5, 5.41) is 3.47. The summed E-state index contributed by atoms with van der Waals surface area (Å²) in [4.78, 5) is 4.38. The normalized spacial score (nSPS) is 22.3. The monoisotopic (exact) mass is 269 g/mol. The van der Waals surface area contributed by atoms with Crippen molar-refractivity contribution in [2.75, 3.05) is 13.1 Å². The van der Waals surface area contributed by atoms with E-state index in [1.807, 2.05) is 12.5 Å². The van der Waals surface area contributed by atoms with Crippen LogP contribution in [0.2, 0.25) is 0 Å². The molecule has 1 atom stereocenters. The van der Waals surface area contributed by atoms with Crippen molar-refractivity contribution in [3.8, 4) is 0 Å². The number of nitrogens with one attached hydrogen (secondary N) is 1. The molecule has 1 aromatic carbocycles. The van der Waals surface area contributed by atoms with Crippen LogP contribution in [0.3, 0.4) is 0 Å². The number of rotatable bonds is 4. The van der Waals surface area contributed by atoms with Gasteiger partial charge in [0.25, 0.3) is 0 Å². The van der Waals surface area contributed by atoms with Gasteiger partial charge in [0.2, 0.25) is 0 Å². The molecule has 1 aliphatic heterocycles. The molecule has 1 fully saturated rings. The van der Waals surface area contributed by atoms with E-state index >= 15 is 0 Å². The third-order valence-corrected chi connectivity index (χ3v) is 4.42. The fourth-order valence-corrected chi connectivity index (χ4v) is 3.15. The lowest BCUT2D eigenvalue weighted by atomic mass is 9.86. The van der Waals surface area contributed by atoms with Crippen LogP contribution in [0.1, 0.15) is 30.2 Å². The maximum absolute atomic E-state index is 4.38. The first-order chi connectivity index (χ1) is 9.67. The van der Waals surface area contributed by atoms with Crippen molar-refractivity contribution in [2.24, 2.45) is 0 Å². The molecular weight excluding hydrogens is 246 g/mol. The van der Waals surface area contributed by atoms with Crippen molar-refractivity contribution < 1.29 is 0 Å². The van der Waals surface area contributed by atoms with E-state index in [0.29, 0.717) is 0 Å². The van der Waals surface area contributed by atoms with Gasteiger partial charge in [-0.2, -0.15) is 0 Å². The molecule has 3 rings (SSSR count). The first-order valence-corrected chi connectivity index (χ1v) is 7.44. The third kappa shape index (κ3) is 2.63. The molecule has 0 aliphatic carbocycles. The molecular formula is C17H23N3. The van der Waals surface area contributed by atoms with Crippen molar-refractivity contribution in [2.45, 2.75) is 38.6 Å². The number of hydrogen-bond acceptors (Lipinski definition) is 2. The van der Waals surface area contributed by atoms with E-state index in [0.717, 1.165) is 26.1 Å². The van der Waals surface area contributed by atoms with E-state index in [2.05, 4.69) is 53.0 Å². The summed E-state index contributed by atoms with van der Waals surface area (Å²) in [6.07, 6.45) is 6.29. The van der Waals surface area contributed by atoms with Gasteiger partial charge in [0, 0.05) is 30.4 Å². The molecule has 0 amide bonds. The number of imidazole rings is 1. The van der Waals surface area contributed by atoms with E-state index in [-0.39, 0.29) is 5.41 Å². The minimum atomic E-state index is 0.239. The molecule has 2 heterocycles. The Balaban J connectivity index is 1.74. The second-order valence-corrected chi connectivity index (χ2v) is 6.20. The van der Waals surface area contributed by atoms with Crippen LogP contribution < -0.4 is 5.32 Å². The molecule has 2 aromatic rings. The molecule has 1 aromatic heterocycles. The first-order valence-electron chi connectivity index (χ1n) is 7.44. The first kappa shape index (κ1) is 13.4. The molecule has 106 valence electrons. The van der Waals surface area contributed by atoms with E-state index in [4.69, 9.17) is 0 Å². The minimum Gasteiger partial charge on any atom is -0.334 e. The largest absolute Gasteiger partial charge is 0.334 e. The number of aromatic nitrogens is 2. The van der Waals surface area contributed by atoms with Gasteiger partial charge < -0.3 is 9.88 Å². The predicted molar refractivity (Wildman–Crippen MR) is 81.9 cm³/mol. The van der Waals surface area contributed by atoms with Crippen LogP contribution in [0.25, 0.3) is 0 Å². The molecule has 3 heteroatoms. The molecule has 3 nitrogen and oxygen atoms in total. The zero-order valence-electron chi connectivity index (χ0n) is 12.4. The number of benzene rings is 1. The lowest BCUT2D eigenvalue weighted by molar-refractivity contribution is 0.472. The topological polar surface area (TPSA) is 29.9 Å². The van der Waals surface area contributed by atoms with Crippen LogP contribution in [0, 0.1) is 6.92 Å². The van der Waals surface area contributed by atoms with Crippen LogP contribution in [0.15, 0.2) is 36.8 Å². The molecule has 1 saturated heterocycles. The van der Waals surface area contributed by atoms with Gasteiger partial charge in [-0.1, -0.05) is 36.8 Å². The minimum absolute atomic E-state index is 0.239. The summed E-state index contributed by atoms with van der Waals surface area (Å²) in [7, 11) is 0. The molecule has 0 spiro atoms. The van der Waals surface area contributed by atoms with Crippen molar-refractivity contribution >= 4 is 0 Å². The Kier molecular flexibility index (Phi) is 3.62. The number of hydrogen-bond donors (Lipinski definition) is 1. The lowest BCUT2D eigenvalue weighted by Gasteiger charge is -2.24. The van der Waals surface area contributed by atoms with E-state index < -0.39 is 0 Å². The summed E-state index contributed by atoms with van der Waals surface area (Å²) in [5.74, 6) is 0. The summed E-state index contributed by atoms with van der Waals surface area (Å²) < 4.78 is 2.33. The highest BCUT2D eigenvalue weighted by molar-refractivity contribution is 5.23. The standard InChI is InChI=1S/C17H23N3/c1-14-4-3-5-15(10-14)6-9-20-13-19-11-16(20)17(2)7-8-18-12-17/h3-5,10-11,13,18H,6-9,12H2,1-2H3. The van der Waals surface area contributed by atoms with Crippen LogP contribution in [0.4, 0.5) is 0 Å². The maximum Gasteiger partial charge on any atom is 0.0948 e. The highest BCUT2D eigenvalue weighted by atomic mass is 15.1. The van der Waals surface area contributed by atoms with E-state index in [9.17, 15) is 0 Å². The maximum atomic E-state index is 4.38. The zero-order chi connectivity index (χ0) is 14.0. The van der Waals surface area contributed by atoms with Crippen molar-refractivity contribution in [3.05, 3.63) is 53.6 Å². The Morgan fingerprint density at radius 3 is 3.05 bits per heavy atom. The average molecular weight is 269 g/mol. The Morgan fingerprint density at radius 1 is 1.40 bits per heavy atom. The fraction of sp³-hybridized carbons (Fsp3) is 0.471. The quantitative estimate of drug-likeness (QED) is 0.925. The van der Waals surface area contributed by atoms with Gasteiger partial charge in [-0.25, -0.2) is 4.98 Å². The molecule has 1 aliphatic rings. The molecule has 20 heavy (non-hydrogen) atoms. The molecule has 0 radical (unpaired) electrons. The van der Waals surface area contributed by atoms with Gasteiger partial charge in [0.15, 0.2) is 0 Å². The molecule has 0 bridgehead atoms. The zero-order valence-corrected chi connectivity index (χ0v) is 12.4. The van der Waals surface area contributed by atoms with Crippen molar-refractivity contribution in [1.29, 1.82) is 0 Å². The fourth-order valence-electron chi connectivity index (χ4n) is 3.15. The molecule has 0 saturated carbocycles. The average Bonchev–Trinajstić information content (AvgIpc) is 3.06. The summed E-state index contributed by atoms with van der Waals surface area (Å²) in [6, 6.07) is 8.77. The summed E-state index contributed by atoms with van der Waals surface area (Å²) in [6.45, 7) is 7.67. The van der Waals surface area contributed by atoms with Gasteiger partial charge >= 0.3 is 0 Å². The Bertz CT molecular complexity index is 579. The van der Waals surface area contributed by atoms with Crippen LogP contribution in [0.5, 0.6) is 0 Å². The molecule has 1 N–H and O–H groups in total. The Labute approximate surface area is 121 Å². The summed E-state index contributed by atoms with van der Waals surface area (Å²) >= 11 is 0. The van der Waals surface area contributed by atoms with Crippen molar-refractivity contribution in [3.63, 3.8) is 0 Å². The summed E-state index contributed by atoms with van der Waals surface area (Å²) in [5.41, 5.74) is 4.35. The van der Waals surface area contributed by atoms with Crippen LogP contribution in [-0.2, 0) is 18.4 Å².